The summed E-state index contributed by atoms with van der Waals surface area (Å²) in [5, 5.41) is 7.90. The Kier molecular flexibility index (Phi) is 6.30. The van der Waals surface area contributed by atoms with Crippen LogP contribution in [0.4, 0.5) is 5.69 Å². The number of hydrogen-bond acceptors (Lipinski definition) is 3. The third-order valence-corrected chi connectivity index (χ3v) is 6.32. The molecule has 5 nitrogen and oxygen atoms in total. The Hall–Kier alpha value is -2.82. The van der Waals surface area contributed by atoms with Crippen LogP contribution < -0.4 is 10.9 Å². The van der Waals surface area contributed by atoms with Gasteiger partial charge in [-0.15, -0.1) is 0 Å². The van der Waals surface area contributed by atoms with Crippen LogP contribution in [-0.4, -0.2) is 20.4 Å². The molecule has 2 aromatic heterocycles. The monoisotopic (exact) mass is 418 g/mol. The van der Waals surface area contributed by atoms with Crippen molar-refractivity contribution in [2.45, 2.75) is 65.0 Å². The Bertz CT molecular complexity index is 1070. The summed E-state index contributed by atoms with van der Waals surface area (Å²) in [5.74, 6) is 1.03. The fourth-order valence-corrected chi connectivity index (χ4v) is 4.63. The van der Waals surface area contributed by atoms with Gasteiger partial charge in [-0.2, -0.15) is 5.10 Å². The Morgan fingerprint density at radius 1 is 1.06 bits per heavy atom. The van der Waals surface area contributed by atoms with Gasteiger partial charge in [0.25, 0.3) is 5.56 Å². The first kappa shape index (κ1) is 21.4. The van der Waals surface area contributed by atoms with Crippen molar-refractivity contribution < 1.29 is 0 Å². The molecule has 5 heteroatoms. The normalized spacial score (nSPS) is 19.0. The van der Waals surface area contributed by atoms with Crippen LogP contribution in [0.2, 0.25) is 0 Å². The van der Waals surface area contributed by atoms with Crippen molar-refractivity contribution >= 4 is 5.69 Å². The number of nitrogens with zero attached hydrogens (tertiary/aromatic N) is 3. The third kappa shape index (κ3) is 5.09. The van der Waals surface area contributed by atoms with Gasteiger partial charge in [0, 0.05) is 43.2 Å². The summed E-state index contributed by atoms with van der Waals surface area (Å²) in [6.07, 6.45) is 10.3. The molecule has 0 unspecified atom stereocenters. The van der Waals surface area contributed by atoms with Gasteiger partial charge in [-0.05, 0) is 56.1 Å². The van der Waals surface area contributed by atoms with E-state index in [1.54, 1.807) is 4.68 Å². The van der Waals surface area contributed by atoms with Gasteiger partial charge in [0.2, 0.25) is 0 Å². The predicted octanol–water partition coefficient (Wildman–Crippen LogP) is 5.35. The van der Waals surface area contributed by atoms with E-state index in [4.69, 9.17) is 0 Å². The molecule has 1 aromatic carbocycles. The fourth-order valence-electron chi connectivity index (χ4n) is 4.63. The molecule has 0 radical (unpaired) electrons. The minimum Gasteiger partial charge on any atom is -0.378 e. The van der Waals surface area contributed by atoms with Crippen molar-refractivity contribution in [1.82, 2.24) is 14.3 Å². The molecule has 0 saturated heterocycles. The zero-order valence-corrected chi connectivity index (χ0v) is 19.1. The molecule has 1 N–H and O–H groups in total. The summed E-state index contributed by atoms with van der Waals surface area (Å²) < 4.78 is 3.65. The number of aromatic nitrogens is 3. The van der Waals surface area contributed by atoms with Crippen molar-refractivity contribution in [3.8, 4) is 11.1 Å². The molecule has 31 heavy (non-hydrogen) atoms. The molecule has 0 aliphatic heterocycles. The van der Waals surface area contributed by atoms with Crippen LogP contribution in [0.3, 0.4) is 0 Å². The number of aryl methyl sites for hydroxylation is 2. The van der Waals surface area contributed by atoms with Crippen LogP contribution in [0.1, 0.15) is 56.6 Å². The number of hydrogen-bond donors (Lipinski definition) is 1. The number of benzene rings is 1. The molecule has 1 saturated carbocycles. The number of anilines is 1. The standard InChI is InChI=1S/C26H34N4O/c1-18(2)15-30-17-22(23-14-27-29(4)16-23)13-25(26(30)31)28-24-11-9-21(10-12-24)20-7-5-19(3)6-8-20/h5-8,13-14,16-18,21,24,28H,9-12,15H2,1-4H3/t21-,24+. The summed E-state index contributed by atoms with van der Waals surface area (Å²) in [6, 6.07) is 11.3. The van der Waals surface area contributed by atoms with E-state index in [0.717, 1.165) is 36.8 Å². The van der Waals surface area contributed by atoms with E-state index < -0.39 is 0 Å². The number of rotatable bonds is 6. The fraction of sp³-hybridized carbons (Fsp3) is 0.462. The summed E-state index contributed by atoms with van der Waals surface area (Å²) in [5.41, 5.74) is 5.60. The molecule has 1 aliphatic carbocycles. The average Bonchev–Trinajstić information content (AvgIpc) is 3.18. The first-order valence-electron chi connectivity index (χ1n) is 11.5. The number of pyridine rings is 1. The first-order chi connectivity index (χ1) is 14.9. The van der Waals surface area contributed by atoms with Crippen molar-refractivity contribution in [1.29, 1.82) is 0 Å². The molecule has 3 aromatic rings. The molecule has 164 valence electrons. The van der Waals surface area contributed by atoms with Crippen LogP contribution in [-0.2, 0) is 13.6 Å². The lowest BCUT2D eigenvalue weighted by molar-refractivity contribution is 0.411. The predicted molar refractivity (Wildman–Crippen MR) is 128 cm³/mol. The topological polar surface area (TPSA) is 51.9 Å². The minimum absolute atomic E-state index is 0.0713. The molecule has 0 atom stereocenters. The van der Waals surface area contributed by atoms with Crippen LogP contribution in [0.5, 0.6) is 0 Å². The maximum atomic E-state index is 13.2. The zero-order chi connectivity index (χ0) is 22.0. The minimum atomic E-state index is 0.0713. The molecular formula is C26H34N4O. The lowest BCUT2D eigenvalue weighted by Crippen LogP contribution is -2.31. The van der Waals surface area contributed by atoms with Gasteiger partial charge >= 0.3 is 0 Å². The summed E-state index contributed by atoms with van der Waals surface area (Å²) in [4.78, 5) is 13.2. The van der Waals surface area contributed by atoms with E-state index in [9.17, 15) is 4.79 Å². The Morgan fingerprint density at radius 2 is 1.77 bits per heavy atom. The van der Waals surface area contributed by atoms with Gasteiger partial charge < -0.3 is 9.88 Å². The smallest absolute Gasteiger partial charge is 0.273 e. The SMILES string of the molecule is Cc1ccc([C@H]2CC[C@@H](Nc3cc(-c4cnn(C)c4)cn(CC(C)C)c3=O)CC2)cc1. The van der Waals surface area contributed by atoms with Gasteiger partial charge in [0.1, 0.15) is 5.69 Å². The third-order valence-electron chi connectivity index (χ3n) is 6.32. The molecule has 2 heterocycles. The van der Waals surface area contributed by atoms with E-state index in [1.165, 1.54) is 11.1 Å². The lowest BCUT2D eigenvalue weighted by Gasteiger charge is -2.30. The summed E-state index contributed by atoms with van der Waals surface area (Å²) in [6.45, 7) is 7.13. The largest absolute Gasteiger partial charge is 0.378 e. The van der Waals surface area contributed by atoms with Crippen molar-refractivity contribution in [3.05, 3.63) is 70.4 Å². The maximum absolute atomic E-state index is 13.2. The lowest BCUT2D eigenvalue weighted by atomic mass is 9.81. The van der Waals surface area contributed by atoms with Crippen LogP contribution in [0.25, 0.3) is 11.1 Å². The maximum Gasteiger partial charge on any atom is 0.273 e. The Labute approximate surface area is 185 Å². The van der Waals surface area contributed by atoms with E-state index in [2.05, 4.69) is 55.5 Å². The Balaban J connectivity index is 1.52. The van der Waals surface area contributed by atoms with Crippen molar-refractivity contribution in [2.24, 2.45) is 13.0 Å². The van der Waals surface area contributed by atoms with Gasteiger partial charge in [0.15, 0.2) is 0 Å². The van der Waals surface area contributed by atoms with E-state index in [-0.39, 0.29) is 5.56 Å². The molecule has 4 rings (SSSR count). The molecule has 0 bridgehead atoms. The van der Waals surface area contributed by atoms with Crippen LogP contribution >= 0.6 is 0 Å². The highest BCUT2D eigenvalue weighted by atomic mass is 16.1. The highest BCUT2D eigenvalue weighted by Crippen LogP contribution is 2.34. The summed E-state index contributed by atoms with van der Waals surface area (Å²) in [7, 11) is 1.92. The molecule has 1 aliphatic rings. The van der Waals surface area contributed by atoms with Gasteiger partial charge in [0.05, 0.1) is 6.20 Å². The van der Waals surface area contributed by atoms with Crippen LogP contribution in [0, 0.1) is 12.8 Å². The van der Waals surface area contributed by atoms with Crippen molar-refractivity contribution in [2.75, 3.05) is 5.32 Å². The quantitative estimate of drug-likeness (QED) is 0.587. The second-order valence-corrected chi connectivity index (χ2v) is 9.50. The summed E-state index contributed by atoms with van der Waals surface area (Å²) >= 11 is 0. The second-order valence-electron chi connectivity index (χ2n) is 9.50. The second kappa shape index (κ2) is 9.13. The molecule has 1 fully saturated rings. The highest BCUT2D eigenvalue weighted by Gasteiger charge is 2.23. The van der Waals surface area contributed by atoms with E-state index in [0.29, 0.717) is 30.1 Å². The van der Waals surface area contributed by atoms with E-state index in [1.807, 2.05) is 36.3 Å². The Morgan fingerprint density at radius 3 is 2.39 bits per heavy atom. The van der Waals surface area contributed by atoms with Crippen molar-refractivity contribution in [3.63, 3.8) is 0 Å². The first-order valence-corrected chi connectivity index (χ1v) is 11.5. The van der Waals surface area contributed by atoms with Gasteiger partial charge in [-0.1, -0.05) is 43.7 Å². The van der Waals surface area contributed by atoms with Gasteiger partial charge in [-0.25, -0.2) is 0 Å². The van der Waals surface area contributed by atoms with Crippen LogP contribution in [0.15, 0.2) is 53.7 Å². The average molecular weight is 419 g/mol. The molecule has 0 spiro atoms. The number of nitrogens with one attached hydrogen (secondary N) is 1. The highest BCUT2D eigenvalue weighted by molar-refractivity contribution is 5.65. The van der Waals surface area contributed by atoms with Gasteiger partial charge in [-0.3, -0.25) is 9.48 Å². The molecular weight excluding hydrogens is 384 g/mol. The molecule has 0 amide bonds. The zero-order valence-electron chi connectivity index (χ0n) is 19.1. The van der Waals surface area contributed by atoms with E-state index >= 15 is 0 Å².